The molecule has 8 atom stereocenters. The second kappa shape index (κ2) is 37.7. The second-order valence-corrected chi connectivity index (χ2v) is 26.7. The van der Waals surface area contributed by atoms with Gasteiger partial charge < -0.3 is 57.7 Å². The molecule has 0 radical (unpaired) electrons. The van der Waals surface area contributed by atoms with E-state index in [1.54, 1.807) is 60.9 Å². The number of benzene rings is 4. The number of amides is 8. The van der Waals surface area contributed by atoms with Crippen molar-refractivity contribution in [1.82, 2.24) is 72.5 Å². The largest absolute Gasteiger partial charge is 0.480 e. The Kier molecular flexibility index (Phi) is 28.8. The lowest BCUT2D eigenvalue weighted by molar-refractivity contribution is -0.123. The van der Waals surface area contributed by atoms with Crippen LogP contribution in [0.1, 0.15) is 143 Å². The predicted octanol–water partition coefficient (Wildman–Crippen LogP) is 7.61. The van der Waals surface area contributed by atoms with Gasteiger partial charge >= 0.3 is 12.1 Å². The number of ether oxygens (including phenoxy) is 2. The Hall–Kier alpha value is -9.10. The number of hydrogen-bond donors (Lipinski definition) is 9. The van der Waals surface area contributed by atoms with E-state index in [0.29, 0.717) is 78.3 Å². The minimum atomic E-state index is -0.972. The number of ketones is 2. The number of carbonyl (C=O) groups excluding carboxylic acids is 8. The standard InChI is InChI=1S/C34H41F2N7O5S.C33H40F2N8O5S.CH4/c1-2-3-4-13-26(28(44)19-48-32-24(35)11-8-12-25(32)36)38-33(46)21-9-7-10-23(16-21)43-18-22(41-42-43)17-37-30(45)15-6-5-14-29-31-27(20-49-29)39-34(47)40-31;34-23-9-6-10-24(35)31(23)48-18-27(44)25(11-3-4-14-36)38-32(46)20-7-5-8-22(15-20)43-17-21(41-42-43)16-37-29(45)13-2-1-12-28-30-26(19-49-28)39-33(47)40-30;/h7-12,16,18,26-27,29,31H,2-6,13-15,17,19-20H2,1H3,(H,37,45)(H,38,46)(H2,39,40,47);5-10,15,17,25-26,28,30H,1-4,11-14,16,18-19,36H2,(H,37,45)(H,38,46)(H2,39,40,47);1H4/t26-,27-,29-,31-;25-,26-,28-,30-;/m00./s1. The van der Waals surface area contributed by atoms with E-state index >= 15 is 0 Å². The van der Waals surface area contributed by atoms with Gasteiger partial charge in [0.1, 0.15) is 24.6 Å². The van der Waals surface area contributed by atoms with Crippen LogP contribution in [-0.2, 0) is 32.3 Å². The number of Topliss-reactive ketones (excluding diaryl/α,β-unsaturated/α-hetero) is 2. The van der Waals surface area contributed by atoms with Crippen LogP contribution in [0.3, 0.4) is 0 Å². The number of thioether (sulfide) groups is 2. The van der Waals surface area contributed by atoms with Crippen molar-refractivity contribution in [2.24, 2.45) is 5.73 Å². The summed E-state index contributed by atoms with van der Waals surface area (Å²) in [5.41, 5.74) is 8.25. The Balaban J connectivity index is 0.000000250. The molecule has 4 aromatic carbocycles. The van der Waals surface area contributed by atoms with Crippen molar-refractivity contribution < 1.29 is 65.4 Å². The molecule has 2 aromatic heterocycles. The fraction of sp³-hybridized carbons (Fsp3) is 0.471. The molecule has 10 N–H and O–H groups in total. The SMILES string of the molecule is C.CCCCC[C@H](NC(=O)c1cccc(-n2cc(CNC(=O)CCCC[C@@H]3SC[C@@H]4NC(=O)N[C@@H]43)nn2)c1)C(=O)COc1c(F)cccc1F.NCCCC[C@H](NC(=O)c1cccc(-n2cc(CNC(=O)CCCC[C@@H]3SC[C@@H]4NC(=O)N[C@@H]43)nn2)c1)C(=O)COc1c(F)cccc1F. The summed E-state index contributed by atoms with van der Waals surface area (Å²) in [6.45, 7) is 1.55. The molecule has 4 saturated heterocycles. The van der Waals surface area contributed by atoms with E-state index in [4.69, 9.17) is 15.2 Å². The third kappa shape index (κ3) is 21.9. The molecule has 8 amide bonds. The molecule has 31 heteroatoms. The average molecular weight is 1410 g/mol. The second-order valence-electron chi connectivity index (χ2n) is 24.1. The summed E-state index contributed by atoms with van der Waals surface area (Å²) in [5, 5.41) is 40.3. The van der Waals surface area contributed by atoms with E-state index in [2.05, 4.69) is 63.2 Å². The van der Waals surface area contributed by atoms with Gasteiger partial charge in [-0.05, 0) is 119 Å². The van der Waals surface area contributed by atoms with Gasteiger partial charge in [0.25, 0.3) is 11.8 Å². The number of nitrogens with two attached hydrogens (primary N) is 1. The van der Waals surface area contributed by atoms with Gasteiger partial charge in [0.15, 0.2) is 46.3 Å². The van der Waals surface area contributed by atoms with Gasteiger partial charge in [-0.1, -0.05) is 81.1 Å². The van der Waals surface area contributed by atoms with Gasteiger partial charge in [-0.2, -0.15) is 23.5 Å². The van der Waals surface area contributed by atoms with E-state index in [-0.39, 0.29) is 86.1 Å². The number of para-hydroxylation sites is 2. The Morgan fingerprint density at radius 2 is 0.990 bits per heavy atom. The number of hydrogen-bond acceptors (Lipinski definition) is 17. The van der Waals surface area contributed by atoms with E-state index in [1.807, 2.05) is 30.4 Å². The van der Waals surface area contributed by atoms with Crippen LogP contribution >= 0.6 is 23.5 Å². The smallest absolute Gasteiger partial charge is 0.315 e. The van der Waals surface area contributed by atoms with E-state index in [0.717, 1.165) is 87.1 Å². The summed E-state index contributed by atoms with van der Waals surface area (Å²) >= 11 is 3.71. The molecule has 4 aliphatic rings. The van der Waals surface area contributed by atoms with E-state index < -0.39 is 83.4 Å². The zero-order valence-electron chi connectivity index (χ0n) is 54.1. The Labute approximate surface area is 579 Å². The van der Waals surface area contributed by atoms with Crippen molar-refractivity contribution in [2.75, 3.05) is 31.3 Å². The Morgan fingerprint density at radius 1 is 0.576 bits per heavy atom. The molecule has 0 aliphatic carbocycles. The van der Waals surface area contributed by atoms with Crippen LogP contribution < -0.4 is 57.7 Å². The first-order valence-corrected chi connectivity index (χ1v) is 35.0. The van der Waals surface area contributed by atoms with Crippen LogP contribution in [0.25, 0.3) is 11.4 Å². The van der Waals surface area contributed by atoms with Gasteiger partial charge in [-0.25, -0.2) is 36.5 Å². The summed E-state index contributed by atoms with van der Waals surface area (Å²) in [7, 11) is 0. The van der Waals surface area contributed by atoms with Crippen LogP contribution in [-0.4, -0.2) is 155 Å². The summed E-state index contributed by atoms with van der Waals surface area (Å²) in [5.74, 6) is -5.46. The zero-order valence-corrected chi connectivity index (χ0v) is 55.7. The molecule has 0 unspecified atom stereocenters. The van der Waals surface area contributed by atoms with Crippen LogP contribution in [0, 0.1) is 23.3 Å². The molecule has 0 bridgehead atoms. The molecule has 6 aromatic rings. The number of rotatable bonds is 36. The number of halogens is 4. The highest BCUT2D eigenvalue weighted by Gasteiger charge is 2.44. The van der Waals surface area contributed by atoms with Gasteiger partial charge in [0.2, 0.25) is 11.8 Å². The van der Waals surface area contributed by atoms with Gasteiger partial charge in [-0.15, -0.1) is 10.2 Å². The van der Waals surface area contributed by atoms with Crippen molar-refractivity contribution in [3.63, 3.8) is 0 Å². The molecule has 99 heavy (non-hydrogen) atoms. The Morgan fingerprint density at radius 3 is 1.40 bits per heavy atom. The number of aromatic nitrogens is 6. The summed E-state index contributed by atoms with van der Waals surface area (Å²) in [6, 6.07) is 18.3. The quantitative estimate of drug-likeness (QED) is 0.0104. The van der Waals surface area contributed by atoms with Crippen molar-refractivity contribution in [2.45, 2.75) is 171 Å². The van der Waals surface area contributed by atoms with Gasteiger partial charge in [-0.3, -0.25) is 28.8 Å². The number of carbonyl (C=O) groups is 8. The first kappa shape index (κ1) is 75.7. The molecule has 0 spiro atoms. The molecule has 4 fully saturated rings. The number of nitrogens with one attached hydrogen (secondary N) is 8. The highest BCUT2D eigenvalue weighted by atomic mass is 32.2. The number of nitrogens with zero attached hydrogens (tertiary/aromatic N) is 6. The van der Waals surface area contributed by atoms with Crippen molar-refractivity contribution in [3.05, 3.63) is 143 Å². The summed E-state index contributed by atoms with van der Waals surface area (Å²) in [4.78, 5) is 100. The highest BCUT2D eigenvalue weighted by Crippen LogP contribution is 2.35. The van der Waals surface area contributed by atoms with Crippen molar-refractivity contribution >= 4 is 70.8 Å². The Bertz CT molecular complexity index is 3480. The lowest BCUT2D eigenvalue weighted by atomic mass is 10.0. The molecule has 0 saturated carbocycles. The fourth-order valence-corrected chi connectivity index (χ4v) is 14.7. The van der Waals surface area contributed by atoms with E-state index in [1.165, 1.54) is 21.5 Å². The lowest BCUT2D eigenvalue weighted by Gasteiger charge is -2.18. The maximum atomic E-state index is 14.0. The van der Waals surface area contributed by atoms with Crippen LogP contribution in [0.4, 0.5) is 27.2 Å². The normalized spacial score (nSPS) is 18.5. The van der Waals surface area contributed by atoms with Crippen LogP contribution in [0.15, 0.2) is 97.3 Å². The molecule has 6 heterocycles. The number of unbranched alkanes of at least 4 members (excludes halogenated alkanes) is 5. The molecular formula is C68H85F4N15O10S2. The monoisotopic (exact) mass is 1410 g/mol. The summed E-state index contributed by atoms with van der Waals surface area (Å²) < 4.78 is 69.2. The third-order valence-electron chi connectivity index (χ3n) is 16.9. The van der Waals surface area contributed by atoms with Crippen LogP contribution in [0.2, 0.25) is 0 Å². The topological polar surface area (TPSA) is 339 Å². The number of urea groups is 2. The summed E-state index contributed by atoms with van der Waals surface area (Å²) in [6.07, 6.45) is 13.4. The van der Waals surface area contributed by atoms with Gasteiger partial charge in [0, 0.05) is 46.0 Å². The molecule has 532 valence electrons. The van der Waals surface area contributed by atoms with Crippen molar-refractivity contribution in [3.8, 4) is 22.9 Å². The van der Waals surface area contributed by atoms with Crippen LogP contribution in [0.5, 0.6) is 11.5 Å². The molecular weight excluding hydrogens is 1330 g/mol. The zero-order chi connectivity index (χ0) is 69.5. The fourth-order valence-electron chi connectivity index (χ4n) is 11.6. The molecule has 25 nitrogen and oxygen atoms in total. The first-order valence-electron chi connectivity index (χ1n) is 32.9. The molecule has 4 aliphatic heterocycles. The van der Waals surface area contributed by atoms with Gasteiger partial charge in [0.05, 0.1) is 73.1 Å². The maximum absolute atomic E-state index is 14.0. The van der Waals surface area contributed by atoms with Crippen molar-refractivity contribution in [1.29, 1.82) is 0 Å². The lowest BCUT2D eigenvalue weighted by Crippen LogP contribution is -2.43. The minimum Gasteiger partial charge on any atom is -0.480 e. The third-order valence-corrected chi connectivity index (χ3v) is 19.9. The highest BCUT2D eigenvalue weighted by molar-refractivity contribution is 8.00. The maximum Gasteiger partial charge on any atom is 0.315 e. The van der Waals surface area contributed by atoms with E-state index in [9.17, 15) is 55.9 Å². The first-order chi connectivity index (χ1) is 47.4. The molecule has 10 rings (SSSR count). The number of fused-ring (bicyclic) bond motifs is 2. The average Bonchev–Trinajstić information content (AvgIpc) is 1.67. The predicted molar refractivity (Wildman–Crippen MR) is 364 cm³/mol. The minimum absolute atomic E-state index is 0.